The van der Waals surface area contributed by atoms with E-state index in [0.29, 0.717) is 5.92 Å². The zero-order chi connectivity index (χ0) is 49.9. The number of hydrogen-bond acceptors (Lipinski definition) is 2. The molecule has 11 rings (SSSR count). The average Bonchev–Trinajstić information content (AvgIpc) is 3.87. The minimum atomic E-state index is -0.0518. The van der Waals surface area contributed by atoms with Crippen LogP contribution in [0.1, 0.15) is 130 Å². The van der Waals surface area contributed by atoms with Gasteiger partial charge < -0.3 is 9.32 Å². The van der Waals surface area contributed by atoms with Gasteiger partial charge in [-0.2, -0.15) is 0 Å². The van der Waals surface area contributed by atoms with Crippen molar-refractivity contribution in [3.63, 3.8) is 0 Å². The molecule has 2 unspecified atom stereocenters. The van der Waals surface area contributed by atoms with Gasteiger partial charge in [0.25, 0.3) is 0 Å². The van der Waals surface area contributed by atoms with Gasteiger partial charge in [-0.25, -0.2) is 0 Å². The van der Waals surface area contributed by atoms with Crippen molar-refractivity contribution in [3.05, 3.63) is 255 Å². The Hall–Kier alpha value is -7.16. The molecule has 362 valence electrons. The van der Waals surface area contributed by atoms with Crippen LogP contribution < -0.4 is 4.90 Å². The lowest BCUT2D eigenvalue weighted by Gasteiger charge is -2.33. The molecule has 0 spiro atoms. The summed E-state index contributed by atoms with van der Waals surface area (Å²) >= 11 is 0. The van der Waals surface area contributed by atoms with E-state index in [4.69, 9.17) is 4.42 Å². The fraction of sp³-hybridized carbons (Fsp3) is 0.257. The normalized spacial score (nSPS) is 18.9. The van der Waals surface area contributed by atoms with Crippen LogP contribution in [-0.4, -0.2) is 0 Å². The highest BCUT2D eigenvalue weighted by Crippen LogP contribution is 2.55. The van der Waals surface area contributed by atoms with E-state index >= 15 is 0 Å². The number of rotatable bonds is 11. The number of fused-ring (bicyclic) bond motifs is 5. The molecule has 0 aliphatic heterocycles. The van der Waals surface area contributed by atoms with Crippen molar-refractivity contribution in [2.45, 2.75) is 111 Å². The molecule has 0 radical (unpaired) electrons. The molecular formula is C70H71NO. The summed E-state index contributed by atoms with van der Waals surface area (Å²) in [6.45, 7) is 19.3. The summed E-state index contributed by atoms with van der Waals surface area (Å²) in [6, 6.07) is 41.2. The first kappa shape index (κ1) is 48.5. The topological polar surface area (TPSA) is 16.4 Å². The first-order valence-electron chi connectivity index (χ1n) is 26.6. The molecule has 1 aromatic heterocycles. The number of allylic oxidation sites excluding steroid dienone is 17. The third-order valence-electron chi connectivity index (χ3n) is 15.7. The van der Waals surface area contributed by atoms with Crippen molar-refractivity contribution in [1.82, 2.24) is 0 Å². The highest BCUT2D eigenvalue weighted by molar-refractivity contribution is 5.93. The smallest absolute Gasteiger partial charge is 0.135 e. The Morgan fingerprint density at radius 3 is 2.35 bits per heavy atom. The number of hydrogen-bond donors (Lipinski definition) is 0. The average molecular weight is 942 g/mol. The van der Waals surface area contributed by atoms with Gasteiger partial charge in [0, 0.05) is 51.6 Å². The number of benzene rings is 5. The fourth-order valence-electron chi connectivity index (χ4n) is 12.1. The Balaban J connectivity index is 0.000000689. The second-order valence-electron chi connectivity index (χ2n) is 21.0. The third-order valence-corrected chi connectivity index (χ3v) is 15.7. The van der Waals surface area contributed by atoms with Gasteiger partial charge in [-0.15, -0.1) is 0 Å². The van der Waals surface area contributed by atoms with Crippen molar-refractivity contribution in [3.8, 4) is 11.1 Å². The maximum atomic E-state index is 6.42. The number of para-hydroxylation sites is 1. The SMILES string of the molecule is C=C/C=C(C)\C=C/C.CCCC1=C(c2ccccc2C)C(C2C=CC3=C(C2)C(C)(C)c2ccc(-c4ccccc4N(C4=CCCC=C4)c4ccc(C5C=Cc6c(oc7cc(C)ccc67)C5)cc4)cc23)=CCC1. The summed E-state index contributed by atoms with van der Waals surface area (Å²) in [5.41, 5.74) is 25.4. The van der Waals surface area contributed by atoms with Crippen LogP contribution in [-0.2, 0) is 11.8 Å². The molecule has 0 saturated carbocycles. The number of anilines is 2. The fourth-order valence-corrected chi connectivity index (χ4v) is 12.1. The molecule has 0 saturated heterocycles. The predicted molar refractivity (Wildman–Crippen MR) is 310 cm³/mol. The van der Waals surface area contributed by atoms with Crippen LogP contribution in [0.25, 0.3) is 39.3 Å². The standard InChI is InChI=1S/C62H59NO.C8H12/c1-6-15-43-17-14-22-51(61(43)49-20-11-10-16-41(49)3)46-28-33-52-55-37-45(29-35-56(55)62(4,5)57(52)38-46)50-21-12-13-23-58(50)63(47-18-8-7-9-19-47)48-30-25-42(26-31-48)44-27-34-54-53-32-24-40(2)36-59(53)64-60(54)39-44;1-4-6-8(3)7-5-2/h8,10-13,16,18-37,44,46H,6-7,9,14-15,17,38-39H2,1-5H3;4-7H,1H2,2-3H3/b;7-5-,8-6-. The summed E-state index contributed by atoms with van der Waals surface area (Å²) in [5, 5.41) is 1.21. The molecule has 5 aliphatic carbocycles. The van der Waals surface area contributed by atoms with Gasteiger partial charge in [0.15, 0.2) is 0 Å². The maximum absolute atomic E-state index is 6.42. The van der Waals surface area contributed by atoms with Gasteiger partial charge in [0.05, 0.1) is 5.69 Å². The van der Waals surface area contributed by atoms with Crippen LogP contribution in [0.2, 0.25) is 0 Å². The Bertz CT molecular complexity index is 3340. The number of aryl methyl sites for hydroxylation is 2. The van der Waals surface area contributed by atoms with Gasteiger partial charge in [-0.3, -0.25) is 0 Å². The van der Waals surface area contributed by atoms with Gasteiger partial charge >= 0.3 is 0 Å². The maximum Gasteiger partial charge on any atom is 0.135 e. The van der Waals surface area contributed by atoms with Crippen molar-refractivity contribution in [2.24, 2.45) is 5.92 Å². The molecule has 2 atom stereocenters. The van der Waals surface area contributed by atoms with E-state index in [1.165, 1.54) is 114 Å². The minimum absolute atomic E-state index is 0.0518. The van der Waals surface area contributed by atoms with Gasteiger partial charge in [-0.1, -0.05) is 196 Å². The summed E-state index contributed by atoms with van der Waals surface area (Å²) in [4.78, 5) is 2.47. The van der Waals surface area contributed by atoms with E-state index in [0.717, 1.165) is 43.4 Å². The summed E-state index contributed by atoms with van der Waals surface area (Å²) < 4.78 is 6.42. The number of nitrogens with zero attached hydrogens (tertiary/aromatic N) is 1. The molecule has 2 nitrogen and oxygen atoms in total. The van der Waals surface area contributed by atoms with Gasteiger partial charge in [0.2, 0.25) is 0 Å². The zero-order valence-electron chi connectivity index (χ0n) is 43.7. The lowest BCUT2D eigenvalue weighted by atomic mass is 9.71. The highest BCUT2D eigenvalue weighted by Gasteiger charge is 2.40. The van der Waals surface area contributed by atoms with Crippen molar-refractivity contribution < 1.29 is 4.42 Å². The lowest BCUT2D eigenvalue weighted by molar-refractivity contribution is 0.532. The molecule has 0 amide bonds. The Labute approximate surface area is 430 Å². The predicted octanol–water partition coefficient (Wildman–Crippen LogP) is 19.7. The second kappa shape index (κ2) is 20.9. The van der Waals surface area contributed by atoms with E-state index in [1.807, 2.05) is 32.1 Å². The van der Waals surface area contributed by atoms with E-state index < -0.39 is 0 Å². The quantitative estimate of drug-likeness (QED) is 0.120. The molecular weight excluding hydrogens is 871 g/mol. The zero-order valence-corrected chi connectivity index (χ0v) is 43.7. The van der Waals surface area contributed by atoms with Crippen LogP contribution in [0.5, 0.6) is 0 Å². The van der Waals surface area contributed by atoms with Crippen LogP contribution in [0.3, 0.4) is 0 Å². The molecule has 0 bridgehead atoms. The van der Waals surface area contributed by atoms with Crippen molar-refractivity contribution >= 4 is 39.6 Å². The van der Waals surface area contributed by atoms with Crippen LogP contribution in [0.4, 0.5) is 11.4 Å². The number of furan rings is 1. The van der Waals surface area contributed by atoms with E-state index in [9.17, 15) is 0 Å². The lowest BCUT2D eigenvalue weighted by Crippen LogP contribution is -2.21. The second-order valence-corrected chi connectivity index (χ2v) is 21.0. The summed E-state index contributed by atoms with van der Waals surface area (Å²) in [5.74, 6) is 1.72. The summed E-state index contributed by atoms with van der Waals surface area (Å²) in [6.07, 6.45) is 35.8. The largest absolute Gasteiger partial charge is 0.460 e. The van der Waals surface area contributed by atoms with E-state index in [1.54, 1.807) is 17.2 Å². The van der Waals surface area contributed by atoms with E-state index in [2.05, 4.69) is 204 Å². The molecule has 6 aromatic rings. The molecule has 1 heterocycles. The van der Waals surface area contributed by atoms with Crippen LogP contribution >= 0.6 is 0 Å². The molecule has 2 heteroatoms. The Morgan fingerprint density at radius 2 is 1.58 bits per heavy atom. The molecule has 5 aromatic carbocycles. The monoisotopic (exact) mass is 942 g/mol. The Kier molecular flexibility index (Phi) is 14.1. The summed E-state index contributed by atoms with van der Waals surface area (Å²) in [7, 11) is 0. The first-order valence-corrected chi connectivity index (χ1v) is 26.6. The Morgan fingerprint density at radius 1 is 0.792 bits per heavy atom. The van der Waals surface area contributed by atoms with E-state index in [-0.39, 0.29) is 11.3 Å². The minimum Gasteiger partial charge on any atom is -0.460 e. The first-order chi connectivity index (χ1) is 35.1. The highest BCUT2D eigenvalue weighted by atomic mass is 16.3. The molecule has 0 N–H and O–H groups in total. The van der Waals surface area contributed by atoms with Crippen LogP contribution in [0.15, 0.2) is 215 Å². The van der Waals surface area contributed by atoms with Gasteiger partial charge in [-0.05, 0) is 158 Å². The van der Waals surface area contributed by atoms with Crippen molar-refractivity contribution in [1.29, 1.82) is 0 Å². The molecule has 5 aliphatic rings. The van der Waals surface area contributed by atoms with Crippen molar-refractivity contribution in [2.75, 3.05) is 4.90 Å². The molecule has 72 heavy (non-hydrogen) atoms. The third kappa shape index (κ3) is 9.41. The van der Waals surface area contributed by atoms with Crippen LogP contribution in [0, 0.1) is 19.8 Å². The van der Waals surface area contributed by atoms with Gasteiger partial charge in [0.1, 0.15) is 11.3 Å². The molecule has 0 fully saturated rings.